The van der Waals surface area contributed by atoms with E-state index in [1.807, 2.05) is 11.8 Å². The summed E-state index contributed by atoms with van der Waals surface area (Å²) in [6, 6.07) is 33.2. The molecule has 0 saturated heterocycles. The molecule has 0 aliphatic carbocycles. The van der Waals surface area contributed by atoms with Gasteiger partial charge in [0.2, 0.25) is 0 Å². The average molecular weight is 615 g/mol. The van der Waals surface area contributed by atoms with Gasteiger partial charge in [-0.05, 0) is 59.5 Å². The Kier molecular flexibility index (Phi) is 6.72. The maximum Gasteiger partial charge on any atom is 0.0801 e. The van der Waals surface area contributed by atoms with Gasteiger partial charge < -0.3 is 8.01 Å². The molecule has 37 heavy (non-hydrogen) atoms. The van der Waals surface area contributed by atoms with E-state index in [1.165, 1.54) is 43.2 Å². The van der Waals surface area contributed by atoms with Crippen LogP contribution < -0.4 is 8.01 Å². The molecule has 0 N–H and O–H groups in total. The number of hydrogen-bond acceptors (Lipinski definition) is 3. The summed E-state index contributed by atoms with van der Waals surface area (Å²) < 4.78 is 4.08. The first-order valence-corrected chi connectivity index (χ1v) is 15.7. The summed E-state index contributed by atoms with van der Waals surface area (Å²) in [7, 11) is 2.28. The summed E-state index contributed by atoms with van der Waals surface area (Å²) in [6.07, 6.45) is 8.05. The zero-order valence-corrected chi connectivity index (χ0v) is 24.5. The third-order valence-corrected chi connectivity index (χ3v) is 11.8. The zero-order valence-electron chi connectivity index (χ0n) is 21.5. The van der Waals surface area contributed by atoms with E-state index in [0.717, 1.165) is 13.0 Å². The molecule has 0 aromatic heterocycles. The second-order valence-electron chi connectivity index (χ2n) is 9.76. The molecule has 1 unspecified atom stereocenters. The van der Waals surface area contributed by atoms with Crippen molar-refractivity contribution in [3.05, 3.63) is 125 Å². The van der Waals surface area contributed by atoms with Gasteiger partial charge in [0.25, 0.3) is 0 Å². The predicted molar refractivity (Wildman–Crippen MR) is 171 cm³/mol. The molecule has 0 bridgehead atoms. The number of halogens is 1. The standard InChI is InChI=1S/C33H31IN2S/c1-4-36-27-17-10-11-18-29(27)37-31(36)20-12-19-30-33(2,23-24-13-6-5-7-14-24)32-26-16-9-8-15-25(26)21-22-28(32)35(3)34-30/h5-22H,4,23H2,1-3H3/b19-12+,31-20-. The van der Waals surface area contributed by atoms with Gasteiger partial charge in [-0.15, -0.1) is 0 Å². The number of thioether (sulfide) groups is 1. The van der Waals surface area contributed by atoms with E-state index < -0.39 is 0 Å². The third kappa shape index (κ3) is 4.44. The van der Waals surface area contributed by atoms with Crippen LogP contribution in [0.1, 0.15) is 25.0 Å². The van der Waals surface area contributed by atoms with Gasteiger partial charge in [-0.2, -0.15) is 0 Å². The number of rotatable bonds is 5. The lowest BCUT2D eigenvalue weighted by molar-refractivity contribution is 0.651. The van der Waals surface area contributed by atoms with Crippen LogP contribution in [0, 0.1) is 0 Å². The minimum atomic E-state index is -0.322. The fourth-order valence-electron chi connectivity index (χ4n) is 5.60. The van der Waals surface area contributed by atoms with Crippen LogP contribution in [0.15, 0.2) is 119 Å². The van der Waals surface area contributed by atoms with E-state index in [0.29, 0.717) is 0 Å². The van der Waals surface area contributed by atoms with E-state index in [9.17, 15) is 0 Å². The Labute approximate surface area is 234 Å². The van der Waals surface area contributed by atoms with E-state index in [-0.39, 0.29) is 26.4 Å². The van der Waals surface area contributed by atoms with Crippen LogP contribution in [-0.2, 0) is 11.8 Å². The summed E-state index contributed by atoms with van der Waals surface area (Å²) in [6.45, 7) is 5.68. The fourth-order valence-corrected chi connectivity index (χ4v) is 9.54. The van der Waals surface area contributed by atoms with Crippen molar-refractivity contribution in [2.24, 2.45) is 0 Å². The Morgan fingerprint density at radius 2 is 1.62 bits per heavy atom. The topological polar surface area (TPSA) is 6.48 Å². The number of fused-ring (bicyclic) bond motifs is 4. The van der Waals surface area contributed by atoms with Gasteiger partial charge in [-0.1, -0.05) is 104 Å². The highest BCUT2D eigenvalue weighted by Crippen LogP contribution is 2.48. The van der Waals surface area contributed by atoms with Crippen molar-refractivity contribution in [1.29, 1.82) is 0 Å². The summed E-state index contributed by atoms with van der Waals surface area (Å²) in [5, 5.41) is 3.99. The van der Waals surface area contributed by atoms with Crippen LogP contribution in [0.5, 0.6) is 0 Å². The number of hydrogen-bond donors (Lipinski definition) is 0. The van der Waals surface area contributed by atoms with Gasteiger partial charge >= 0.3 is 0 Å². The largest absolute Gasteiger partial charge is 0.335 e. The van der Waals surface area contributed by atoms with Crippen LogP contribution in [0.3, 0.4) is 0 Å². The van der Waals surface area contributed by atoms with Crippen LogP contribution in [0.25, 0.3) is 10.8 Å². The molecule has 0 saturated carbocycles. The molecular formula is C33H31IN2S. The van der Waals surface area contributed by atoms with Crippen LogP contribution >= 0.6 is 32.8 Å². The lowest BCUT2D eigenvalue weighted by Gasteiger charge is -2.40. The first-order chi connectivity index (χ1) is 18.1. The van der Waals surface area contributed by atoms with Crippen molar-refractivity contribution in [1.82, 2.24) is 0 Å². The number of nitrogens with zero attached hydrogens (tertiary/aromatic N) is 2. The number of para-hydroxylation sites is 1. The molecule has 0 spiro atoms. The average Bonchev–Trinajstić information content (AvgIpc) is 3.29. The summed E-state index contributed by atoms with van der Waals surface area (Å²) in [4.78, 5) is 3.76. The zero-order chi connectivity index (χ0) is 25.4. The predicted octanol–water partition coefficient (Wildman–Crippen LogP) is 8.88. The van der Waals surface area contributed by atoms with Gasteiger partial charge in [0.1, 0.15) is 0 Å². The van der Waals surface area contributed by atoms with Crippen molar-refractivity contribution >= 4 is 58.4 Å². The number of benzene rings is 4. The second kappa shape index (κ2) is 10.1. The second-order valence-corrected chi connectivity index (χ2v) is 13.9. The van der Waals surface area contributed by atoms with Crippen molar-refractivity contribution in [3.8, 4) is 0 Å². The SMILES string of the molecule is CCN1/C(=C/C=C/C2=IN(C)c3ccc4ccccc4c3C2(C)Cc2ccccc2)Sc2ccccc21. The molecule has 186 valence electrons. The molecule has 1 atom stereocenters. The van der Waals surface area contributed by atoms with Crippen LogP contribution in [0.2, 0.25) is 0 Å². The number of anilines is 2. The molecule has 0 amide bonds. The third-order valence-electron chi connectivity index (χ3n) is 7.37. The van der Waals surface area contributed by atoms with Crippen molar-refractivity contribution in [3.63, 3.8) is 0 Å². The molecule has 6 rings (SSSR count). The summed E-state index contributed by atoms with van der Waals surface area (Å²) >= 11 is 1.55. The van der Waals surface area contributed by atoms with E-state index in [2.05, 4.69) is 138 Å². The maximum atomic E-state index is 2.53. The van der Waals surface area contributed by atoms with Crippen LogP contribution in [0.4, 0.5) is 11.4 Å². The van der Waals surface area contributed by atoms with E-state index in [4.69, 9.17) is 0 Å². The van der Waals surface area contributed by atoms with Crippen molar-refractivity contribution in [2.75, 3.05) is 21.6 Å². The van der Waals surface area contributed by atoms with E-state index >= 15 is 0 Å². The molecular weight excluding hydrogens is 583 g/mol. The van der Waals surface area contributed by atoms with Gasteiger partial charge in [-0.25, -0.2) is 0 Å². The first kappa shape index (κ1) is 24.5. The van der Waals surface area contributed by atoms with Gasteiger partial charge in [0, 0.05) is 54.1 Å². The quantitative estimate of drug-likeness (QED) is 0.164. The molecule has 4 aromatic rings. The molecule has 2 aliphatic rings. The minimum Gasteiger partial charge on any atom is -0.335 e. The number of allylic oxidation sites excluding steroid dienone is 3. The van der Waals surface area contributed by atoms with E-state index in [1.54, 1.807) is 3.51 Å². The molecule has 2 nitrogen and oxygen atoms in total. The highest BCUT2D eigenvalue weighted by atomic mass is 127. The Bertz CT molecular complexity index is 1560. The highest BCUT2D eigenvalue weighted by Gasteiger charge is 2.38. The summed E-state index contributed by atoms with van der Waals surface area (Å²) in [5.41, 5.74) is 5.50. The Morgan fingerprint density at radius 3 is 2.46 bits per heavy atom. The lowest BCUT2D eigenvalue weighted by Crippen LogP contribution is -2.38. The fraction of sp³-hybridized carbons (Fsp3) is 0.182. The highest BCUT2D eigenvalue weighted by molar-refractivity contribution is 14.2. The van der Waals surface area contributed by atoms with Gasteiger partial charge in [0.15, 0.2) is 0 Å². The minimum absolute atomic E-state index is 0.0669. The Balaban J connectivity index is 1.44. The van der Waals surface area contributed by atoms with Gasteiger partial charge in [-0.3, -0.25) is 0 Å². The van der Waals surface area contributed by atoms with Crippen molar-refractivity contribution in [2.45, 2.75) is 30.6 Å². The molecule has 0 radical (unpaired) electrons. The summed E-state index contributed by atoms with van der Waals surface area (Å²) in [5.74, 6) is 0. The van der Waals surface area contributed by atoms with Crippen LogP contribution in [-0.4, -0.2) is 17.1 Å². The molecule has 2 heterocycles. The molecule has 4 aromatic carbocycles. The normalized spacial score (nSPS) is 20.2. The van der Waals surface area contributed by atoms with Gasteiger partial charge in [0.05, 0.1) is 10.7 Å². The monoisotopic (exact) mass is 614 g/mol. The lowest BCUT2D eigenvalue weighted by atomic mass is 9.72. The van der Waals surface area contributed by atoms with Crippen molar-refractivity contribution < 1.29 is 0 Å². The molecule has 4 heteroatoms. The first-order valence-electron chi connectivity index (χ1n) is 12.8. The smallest absolute Gasteiger partial charge is 0.0801 e. The maximum absolute atomic E-state index is 2.53. The Hall–Kier alpha value is -2.83. The molecule has 2 aliphatic heterocycles. The Morgan fingerprint density at radius 1 is 0.865 bits per heavy atom. The molecule has 0 fully saturated rings.